The van der Waals surface area contributed by atoms with Crippen molar-refractivity contribution in [3.05, 3.63) is 34.9 Å². The number of carbonyl (C=O) groups is 2. The van der Waals surface area contributed by atoms with Crippen LogP contribution in [0.3, 0.4) is 0 Å². The summed E-state index contributed by atoms with van der Waals surface area (Å²) in [7, 11) is 1.64. The van der Waals surface area contributed by atoms with Crippen LogP contribution in [-0.2, 0) is 9.59 Å². The van der Waals surface area contributed by atoms with Gasteiger partial charge in [-0.25, -0.2) is 0 Å². The molecular formula is C15H21N3O2. The summed E-state index contributed by atoms with van der Waals surface area (Å²) in [6.07, 6.45) is 0. The van der Waals surface area contributed by atoms with Crippen molar-refractivity contribution in [3.8, 4) is 0 Å². The minimum absolute atomic E-state index is 0.0437. The van der Waals surface area contributed by atoms with Gasteiger partial charge in [-0.05, 0) is 25.0 Å². The molecule has 1 heterocycles. The van der Waals surface area contributed by atoms with Crippen molar-refractivity contribution in [2.75, 3.05) is 26.7 Å². The third kappa shape index (κ3) is 2.99. The predicted octanol–water partition coefficient (Wildman–Crippen LogP) is 0.604. The quantitative estimate of drug-likeness (QED) is 0.878. The van der Waals surface area contributed by atoms with Crippen LogP contribution in [0.1, 0.15) is 22.7 Å². The van der Waals surface area contributed by atoms with Crippen LogP contribution in [0.25, 0.3) is 0 Å². The molecule has 1 aliphatic heterocycles. The van der Waals surface area contributed by atoms with Crippen molar-refractivity contribution in [1.82, 2.24) is 9.80 Å². The average molecular weight is 275 g/mol. The molecule has 0 bridgehead atoms. The lowest BCUT2D eigenvalue weighted by Gasteiger charge is -2.33. The fraction of sp³-hybridized carbons (Fsp3) is 0.467. The maximum atomic E-state index is 11.9. The highest BCUT2D eigenvalue weighted by atomic mass is 16.2. The zero-order valence-electron chi connectivity index (χ0n) is 12.2. The number of carbonyl (C=O) groups excluding carboxylic acids is 2. The molecule has 5 nitrogen and oxygen atoms in total. The number of aryl methyl sites for hydroxylation is 2. The van der Waals surface area contributed by atoms with E-state index in [0.717, 1.165) is 16.7 Å². The molecule has 20 heavy (non-hydrogen) atoms. The average Bonchev–Trinajstić information content (AvgIpc) is 2.38. The number of nitrogens with zero attached hydrogens (tertiary/aromatic N) is 2. The summed E-state index contributed by atoms with van der Waals surface area (Å²) in [5.74, 6) is -0.0920. The lowest BCUT2D eigenvalue weighted by Crippen LogP contribution is -2.53. The van der Waals surface area contributed by atoms with Crippen LogP contribution < -0.4 is 5.73 Å². The highest BCUT2D eigenvalue weighted by molar-refractivity contribution is 5.92. The third-order valence-electron chi connectivity index (χ3n) is 3.73. The summed E-state index contributed by atoms with van der Waals surface area (Å²) in [6, 6.07) is 5.84. The minimum Gasteiger partial charge on any atom is -0.335 e. The van der Waals surface area contributed by atoms with E-state index in [0.29, 0.717) is 6.54 Å². The van der Waals surface area contributed by atoms with E-state index in [2.05, 4.69) is 0 Å². The first-order valence-electron chi connectivity index (χ1n) is 6.73. The van der Waals surface area contributed by atoms with Gasteiger partial charge in [0.1, 0.15) is 0 Å². The van der Waals surface area contributed by atoms with Crippen LogP contribution in [-0.4, -0.2) is 48.3 Å². The number of hydrogen-bond acceptors (Lipinski definition) is 3. The van der Waals surface area contributed by atoms with Crippen LogP contribution in [0.5, 0.6) is 0 Å². The van der Waals surface area contributed by atoms with Gasteiger partial charge in [-0.1, -0.05) is 23.8 Å². The van der Waals surface area contributed by atoms with Crippen LogP contribution >= 0.6 is 0 Å². The molecular weight excluding hydrogens is 254 g/mol. The lowest BCUT2D eigenvalue weighted by atomic mass is 9.99. The molecule has 1 unspecified atom stereocenters. The molecule has 0 aliphatic carbocycles. The van der Waals surface area contributed by atoms with Crippen molar-refractivity contribution in [1.29, 1.82) is 0 Å². The highest BCUT2D eigenvalue weighted by Gasteiger charge is 2.28. The zero-order valence-corrected chi connectivity index (χ0v) is 12.2. The second-order valence-electron chi connectivity index (χ2n) is 5.49. The molecule has 0 spiro atoms. The van der Waals surface area contributed by atoms with Gasteiger partial charge < -0.3 is 15.5 Å². The number of hydrogen-bond donors (Lipinski definition) is 1. The Morgan fingerprint density at radius 3 is 2.60 bits per heavy atom. The van der Waals surface area contributed by atoms with Crippen molar-refractivity contribution >= 4 is 11.8 Å². The first kappa shape index (κ1) is 14.5. The van der Waals surface area contributed by atoms with Gasteiger partial charge in [-0.2, -0.15) is 0 Å². The monoisotopic (exact) mass is 275 g/mol. The molecule has 1 saturated heterocycles. The summed E-state index contributed by atoms with van der Waals surface area (Å²) >= 11 is 0. The molecule has 2 rings (SSSR count). The molecule has 2 N–H and O–H groups in total. The van der Waals surface area contributed by atoms with E-state index in [1.807, 2.05) is 32.0 Å². The maximum Gasteiger partial charge on any atom is 0.242 e. The number of rotatable bonds is 3. The van der Waals surface area contributed by atoms with E-state index in [-0.39, 0.29) is 30.9 Å². The molecule has 2 amide bonds. The molecule has 1 aromatic rings. The number of piperazine rings is 1. The predicted molar refractivity (Wildman–Crippen MR) is 77.1 cm³/mol. The van der Waals surface area contributed by atoms with Crippen LogP contribution in [0, 0.1) is 13.8 Å². The number of nitrogens with two attached hydrogens (primary N) is 1. The molecule has 1 aromatic carbocycles. The third-order valence-corrected chi connectivity index (χ3v) is 3.73. The van der Waals surface area contributed by atoms with E-state index in [4.69, 9.17) is 5.73 Å². The maximum absolute atomic E-state index is 11.9. The molecule has 0 radical (unpaired) electrons. The van der Waals surface area contributed by atoms with Crippen molar-refractivity contribution < 1.29 is 9.59 Å². The molecule has 108 valence electrons. The normalized spacial score (nSPS) is 17.6. The number of likely N-dealkylation sites (N-methyl/N-ethyl adjacent to an activating group) is 1. The van der Waals surface area contributed by atoms with Gasteiger partial charge in [-0.15, -0.1) is 0 Å². The van der Waals surface area contributed by atoms with E-state index < -0.39 is 0 Å². The number of amides is 2. The molecule has 1 aliphatic rings. The first-order chi connectivity index (χ1) is 9.38. The Bertz CT molecular complexity index is 542. The Kier molecular flexibility index (Phi) is 4.09. The molecule has 0 aromatic heterocycles. The Morgan fingerprint density at radius 1 is 1.20 bits per heavy atom. The van der Waals surface area contributed by atoms with Crippen LogP contribution in [0.2, 0.25) is 0 Å². The van der Waals surface area contributed by atoms with E-state index in [9.17, 15) is 9.59 Å². The second-order valence-corrected chi connectivity index (χ2v) is 5.49. The van der Waals surface area contributed by atoms with Crippen molar-refractivity contribution in [2.45, 2.75) is 19.9 Å². The Morgan fingerprint density at radius 2 is 1.90 bits per heavy atom. The Balaban J connectivity index is 2.11. The standard InChI is InChI=1S/C15H21N3O2/c1-10-4-5-11(2)12(6-10)13(16)7-18-9-14(19)17(3)8-15(18)20/h4-6,13H,7-9,16H2,1-3H3. The Hall–Kier alpha value is -1.88. The van der Waals surface area contributed by atoms with E-state index in [1.165, 1.54) is 4.90 Å². The van der Waals surface area contributed by atoms with Gasteiger partial charge in [0.2, 0.25) is 11.8 Å². The highest BCUT2D eigenvalue weighted by Crippen LogP contribution is 2.19. The summed E-state index contributed by atoms with van der Waals surface area (Å²) < 4.78 is 0. The Labute approximate surface area is 119 Å². The van der Waals surface area contributed by atoms with Gasteiger partial charge in [0.15, 0.2) is 0 Å². The van der Waals surface area contributed by atoms with Gasteiger partial charge in [0.05, 0.1) is 13.1 Å². The zero-order chi connectivity index (χ0) is 14.9. The molecule has 1 atom stereocenters. The van der Waals surface area contributed by atoms with Gasteiger partial charge >= 0.3 is 0 Å². The molecule has 5 heteroatoms. The first-order valence-corrected chi connectivity index (χ1v) is 6.73. The summed E-state index contributed by atoms with van der Waals surface area (Å²) in [6.45, 7) is 4.65. The fourth-order valence-electron chi connectivity index (χ4n) is 2.42. The lowest BCUT2D eigenvalue weighted by molar-refractivity contribution is -0.148. The summed E-state index contributed by atoms with van der Waals surface area (Å²) in [5, 5.41) is 0. The van der Waals surface area contributed by atoms with E-state index in [1.54, 1.807) is 11.9 Å². The van der Waals surface area contributed by atoms with Crippen LogP contribution in [0.15, 0.2) is 18.2 Å². The van der Waals surface area contributed by atoms with Gasteiger partial charge in [0.25, 0.3) is 0 Å². The van der Waals surface area contributed by atoms with E-state index >= 15 is 0 Å². The fourth-order valence-corrected chi connectivity index (χ4v) is 2.42. The number of benzene rings is 1. The van der Waals surface area contributed by atoms with Gasteiger partial charge in [0, 0.05) is 19.6 Å². The molecule has 1 fully saturated rings. The SMILES string of the molecule is Cc1ccc(C)c(C(N)CN2CC(=O)N(C)CC2=O)c1. The summed E-state index contributed by atoms with van der Waals surface area (Å²) in [5.41, 5.74) is 9.50. The minimum atomic E-state index is -0.268. The van der Waals surface area contributed by atoms with Crippen molar-refractivity contribution in [2.24, 2.45) is 5.73 Å². The second kappa shape index (κ2) is 5.63. The topological polar surface area (TPSA) is 66.6 Å². The summed E-state index contributed by atoms with van der Waals surface area (Å²) in [4.78, 5) is 26.6. The smallest absolute Gasteiger partial charge is 0.242 e. The van der Waals surface area contributed by atoms with Crippen molar-refractivity contribution in [3.63, 3.8) is 0 Å². The van der Waals surface area contributed by atoms with Gasteiger partial charge in [-0.3, -0.25) is 9.59 Å². The molecule has 0 saturated carbocycles. The van der Waals surface area contributed by atoms with Crippen LogP contribution in [0.4, 0.5) is 0 Å². The largest absolute Gasteiger partial charge is 0.335 e.